The molecule has 26 heavy (non-hydrogen) atoms. The summed E-state index contributed by atoms with van der Waals surface area (Å²) in [6.07, 6.45) is -4.49. The summed E-state index contributed by atoms with van der Waals surface area (Å²) >= 11 is 0. The van der Waals surface area contributed by atoms with Gasteiger partial charge in [0.1, 0.15) is 11.5 Å². The predicted molar refractivity (Wildman–Crippen MR) is 87.5 cm³/mol. The van der Waals surface area contributed by atoms with E-state index in [1.54, 1.807) is 13.8 Å². The molecule has 0 saturated carbocycles. The number of hydrogen-bond donors (Lipinski definition) is 3. The lowest BCUT2D eigenvalue weighted by Crippen LogP contribution is -2.40. The van der Waals surface area contributed by atoms with E-state index in [0.717, 1.165) is 12.1 Å². The molecule has 1 amide bonds. The second-order valence-electron chi connectivity index (χ2n) is 6.03. The summed E-state index contributed by atoms with van der Waals surface area (Å²) in [5.41, 5.74) is -0.264. The minimum atomic E-state index is -4.49. The topological polar surface area (TPSA) is 95.1 Å². The Kier molecular flexibility index (Phi) is 5.38. The molecule has 0 fully saturated rings. The van der Waals surface area contributed by atoms with Crippen LogP contribution in [0.1, 0.15) is 35.6 Å². The summed E-state index contributed by atoms with van der Waals surface area (Å²) < 4.78 is 38.5. The molecule has 6 nitrogen and oxygen atoms in total. The second-order valence-corrected chi connectivity index (χ2v) is 6.03. The van der Waals surface area contributed by atoms with Gasteiger partial charge in [-0.15, -0.1) is 0 Å². The third-order valence-corrected chi connectivity index (χ3v) is 4.06. The molecule has 2 rings (SSSR count). The number of carboxylic acids is 1. The maximum atomic E-state index is 12.8. The summed E-state index contributed by atoms with van der Waals surface area (Å²) in [6.45, 7) is 4.56. The first-order valence-corrected chi connectivity index (χ1v) is 7.78. The molecule has 0 aliphatic rings. The molecule has 0 spiro atoms. The monoisotopic (exact) mass is 369 g/mol. The largest absolute Gasteiger partial charge is 0.481 e. The Labute approximate surface area is 147 Å². The van der Waals surface area contributed by atoms with E-state index in [-0.39, 0.29) is 17.1 Å². The van der Waals surface area contributed by atoms with Crippen LogP contribution in [0, 0.1) is 12.8 Å². The lowest BCUT2D eigenvalue weighted by molar-refractivity contribution is -0.142. The number of benzene rings is 1. The zero-order valence-corrected chi connectivity index (χ0v) is 14.3. The molecule has 2 atom stereocenters. The van der Waals surface area contributed by atoms with Crippen molar-refractivity contribution >= 4 is 11.9 Å². The number of carboxylic acid groups (broad SMARTS) is 1. The van der Waals surface area contributed by atoms with Gasteiger partial charge in [-0.2, -0.15) is 13.2 Å². The number of nitrogens with zero attached hydrogens (tertiary/aromatic N) is 1. The highest BCUT2D eigenvalue weighted by molar-refractivity contribution is 5.94. The number of rotatable bonds is 5. The van der Waals surface area contributed by atoms with Crippen molar-refractivity contribution in [3.63, 3.8) is 0 Å². The van der Waals surface area contributed by atoms with E-state index in [1.165, 1.54) is 19.1 Å². The number of carbonyl (C=O) groups is 2. The Balaban J connectivity index is 2.27. The van der Waals surface area contributed by atoms with Crippen LogP contribution in [0.15, 0.2) is 24.3 Å². The van der Waals surface area contributed by atoms with Crippen LogP contribution in [-0.4, -0.2) is 33.0 Å². The van der Waals surface area contributed by atoms with Crippen LogP contribution in [-0.2, 0) is 11.0 Å². The van der Waals surface area contributed by atoms with Crippen molar-refractivity contribution in [3.05, 3.63) is 41.2 Å². The van der Waals surface area contributed by atoms with Gasteiger partial charge in [0.05, 0.1) is 11.5 Å². The zero-order chi connectivity index (χ0) is 19.6. The van der Waals surface area contributed by atoms with E-state index in [4.69, 9.17) is 5.11 Å². The molecule has 3 N–H and O–H groups in total. The number of imidazole rings is 1. The van der Waals surface area contributed by atoms with Crippen LogP contribution >= 0.6 is 0 Å². The molecule has 0 saturated heterocycles. The first-order chi connectivity index (χ1) is 12.0. The van der Waals surface area contributed by atoms with Gasteiger partial charge in [-0.3, -0.25) is 9.59 Å². The molecule has 0 bridgehead atoms. The lowest BCUT2D eigenvalue weighted by Gasteiger charge is -2.17. The van der Waals surface area contributed by atoms with Crippen molar-refractivity contribution in [2.45, 2.75) is 33.0 Å². The molecule has 1 aromatic heterocycles. The van der Waals surface area contributed by atoms with Crippen molar-refractivity contribution in [2.75, 3.05) is 0 Å². The van der Waals surface area contributed by atoms with E-state index < -0.39 is 35.6 Å². The fourth-order valence-electron chi connectivity index (χ4n) is 2.28. The first-order valence-electron chi connectivity index (χ1n) is 7.78. The molecule has 9 heteroatoms. The molecular weight excluding hydrogens is 351 g/mol. The minimum Gasteiger partial charge on any atom is -0.481 e. The SMILES string of the molecule is Cc1[nH]c(-c2cccc(C(F)(F)F)c2)nc1C(=O)NC(C)C(C)C(=O)O. The first kappa shape index (κ1) is 19.5. The molecule has 1 aromatic carbocycles. The van der Waals surface area contributed by atoms with Gasteiger partial charge in [0.25, 0.3) is 5.91 Å². The van der Waals surface area contributed by atoms with Crippen molar-refractivity contribution < 1.29 is 27.9 Å². The number of amides is 1. The number of halogens is 3. The highest BCUT2D eigenvalue weighted by Gasteiger charge is 2.31. The van der Waals surface area contributed by atoms with Crippen LogP contribution in [0.5, 0.6) is 0 Å². The third kappa shape index (κ3) is 4.22. The molecule has 140 valence electrons. The second kappa shape index (κ2) is 7.19. The zero-order valence-electron chi connectivity index (χ0n) is 14.3. The number of aliphatic carboxylic acids is 1. The Morgan fingerprint density at radius 2 is 1.92 bits per heavy atom. The van der Waals surface area contributed by atoms with Crippen molar-refractivity contribution in [1.82, 2.24) is 15.3 Å². The van der Waals surface area contributed by atoms with Gasteiger partial charge in [0.2, 0.25) is 0 Å². The normalized spacial score (nSPS) is 13.9. The molecule has 0 aliphatic heterocycles. The maximum Gasteiger partial charge on any atom is 0.416 e. The van der Waals surface area contributed by atoms with Gasteiger partial charge >= 0.3 is 12.1 Å². The Morgan fingerprint density at radius 1 is 1.27 bits per heavy atom. The summed E-state index contributed by atoms with van der Waals surface area (Å²) in [6, 6.07) is 3.95. The van der Waals surface area contributed by atoms with Gasteiger partial charge in [0.15, 0.2) is 0 Å². The molecule has 2 aromatic rings. The van der Waals surface area contributed by atoms with E-state index in [9.17, 15) is 22.8 Å². The number of aromatic nitrogens is 2. The van der Waals surface area contributed by atoms with Crippen LogP contribution in [0.4, 0.5) is 13.2 Å². The summed E-state index contributed by atoms with van der Waals surface area (Å²) in [7, 11) is 0. The van der Waals surface area contributed by atoms with Gasteiger partial charge < -0.3 is 15.4 Å². The van der Waals surface area contributed by atoms with Crippen LogP contribution in [0.25, 0.3) is 11.4 Å². The molecule has 0 radical (unpaired) electrons. The number of hydrogen-bond acceptors (Lipinski definition) is 3. The minimum absolute atomic E-state index is 0.00171. The van der Waals surface area contributed by atoms with E-state index in [1.807, 2.05) is 0 Å². The fourth-order valence-corrected chi connectivity index (χ4v) is 2.28. The van der Waals surface area contributed by atoms with Gasteiger partial charge in [0, 0.05) is 17.3 Å². The average molecular weight is 369 g/mol. The Morgan fingerprint density at radius 3 is 2.50 bits per heavy atom. The highest BCUT2D eigenvalue weighted by atomic mass is 19.4. The quantitative estimate of drug-likeness (QED) is 0.754. The van der Waals surface area contributed by atoms with Crippen LogP contribution in [0.3, 0.4) is 0 Å². The van der Waals surface area contributed by atoms with Crippen molar-refractivity contribution in [2.24, 2.45) is 5.92 Å². The molecule has 0 aliphatic carbocycles. The number of aryl methyl sites for hydroxylation is 1. The van der Waals surface area contributed by atoms with Gasteiger partial charge in [-0.25, -0.2) is 4.98 Å². The molecule has 1 heterocycles. The maximum absolute atomic E-state index is 12.8. The van der Waals surface area contributed by atoms with E-state index >= 15 is 0 Å². The van der Waals surface area contributed by atoms with Gasteiger partial charge in [-0.1, -0.05) is 12.1 Å². The third-order valence-electron chi connectivity index (χ3n) is 4.06. The van der Waals surface area contributed by atoms with E-state index in [2.05, 4.69) is 15.3 Å². The lowest BCUT2D eigenvalue weighted by atomic mass is 10.0. The number of alkyl halides is 3. The summed E-state index contributed by atoms with van der Waals surface area (Å²) in [5.74, 6) is -2.34. The van der Waals surface area contributed by atoms with E-state index in [0.29, 0.717) is 5.69 Å². The summed E-state index contributed by atoms with van der Waals surface area (Å²) in [5, 5.41) is 11.5. The standard InChI is InChI=1S/C17H18F3N3O3/c1-8(16(25)26)9(2)22-15(24)13-10(3)21-14(23-13)11-5-4-6-12(7-11)17(18,19)20/h4-9H,1-3H3,(H,21,23)(H,22,24)(H,25,26). The number of nitrogens with one attached hydrogen (secondary N) is 2. The van der Waals surface area contributed by atoms with Crippen LogP contribution in [0.2, 0.25) is 0 Å². The van der Waals surface area contributed by atoms with Crippen molar-refractivity contribution in [3.8, 4) is 11.4 Å². The smallest absolute Gasteiger partial charge is 0.416 e. The van der Waals surface area contributed by atoms with Crippen LogP contribution < -0.4 is 5.32 Å². The van der Waals surface area contributed by atoms with Gasteiger partial charge in [-0.05, 0) is 32.9 Å². The number of aromatic amines is 1. The summed E-state index contributed by atoms with van der Waals surface area (Å²) in [4.78, 5) is 30.1. The highest BCUT2D eigenvalue weighted by Crippen LogP contribution is 2.31. The molecule has 2 unspecified atom stereocenters. The molecular formula is C17H18F3N3O3. The number of H-pyrrole nitrogens is 1. The Bertz CT molecular complexity index is 830. The number of carbonyl (C=O) groups excluding carboxylic acids is 1. The predicted octanol–water partition coefficient (Wildman–Crippen LogP) is 3.24. The average Bonchev–Trinajstić information content (AvgIpc) is 2.95. The Hall–Kier alpha value is -2.84. The fraction of sp³-hybridized carbons (Fsp3) is 0.353. The van der Waals surface area contributed by atoms with Crippen molar-refractivity contribution in [1.29, 1.82) is 0 Å².